The first-order valence-corrected chi connectivity index (χ1v) is 15.3. The Morgan fingerprint density at radius 3 is 1.80 bits per heavy atom. The van der Waals surface area contributed by atoms with Crippen molar-refractivity contribution in [2.24, 2.45) is 0 Å². The Bertz CT molecular complexity index is 2510. The highest BCUT2D eigenvalue weighted by atomic mass is 15.2. The summed E-state index contributed by atoms with van der Waals surface area (Å²) in [5, 5.41) is 5.84. The van der Waals surface area contributed by atoms with Crippen LogP contribution in [0.5, 0.6) is 0 Å². The zero-order valence-corrected chi connectivity index (χ0v) is 24.4. The van der Waals surface area contributed by atoms with Gasteiger partial charge in [-0.05, 0) is 51.7 Å². The second-order valence-electron chi connectivity index (χ2n) is 11.4. The van der Waals surface area contributed by atoms with E-state index in [2.05, 4.69) is 162 Å². The molecule has 45 heavy (non-hydrogen) atoms. The van der Waals surface area contributed by atoms with Crippen LogP contribution in [0.15, 0.2) is 164 Å². The smallest absolute Gasteiger partial charge is 0.235 e. The Morgan fingerprint density at radius 2 is 1.04 bits per heavy atom. The number of hydrogen-bond acceptors (Lipinski definition) is 2. The Hall–Kier alpha value is -6.06. The maximum Gasteiger partial charge on any atom is 0.235 e. The quantitative estimate of drug-likeness (QED) is 0.210. The molecule has 3 nitrogen and oxygen atoms in total. The third-order valence-corrected chi connectivity index (χ3v) is 8.78. The number of para-hydroxylation sites is 1. The van der Waals surface area contributed by atoms with Crippen molar-refractivity contribution in [2.45, 2.75) is 0 Å². The molecule has 0 fully saturated rings. The normalized spacial score (nSPS) is 11.6. The van der Waals surface area contributed by atoms with Gasteiger partial charge in [-0.3, -0.25) is 4.57 Å². The molecule has 9 rings (SSSR count). The van der Waals surface area contributed by atoms with Crippen molar-refractivity contribution in [1.29, 1.82) is 0 Å². The summed E-state index contributed by atoms with van der Waals surface area (Å²) in [5.74, 6) is 0.660. The molecule has 0 bridgehead atoms. The zero-order chi connectivity index (χ0) is 29.7. The fourth-order valence-corrected chi connectivity index (χ4v) is 6.74. The van der Waals surface area contributed by atoms with Crippen LogP contribution in [0.25, 0.3) is 82.9 Å². The summed E-state index contributed by atoms with van der Waals surface area (Å²) < 4.78 is 2.28. The van der Waals surface area contributed by atoms with Crippen LogP contribution in [-0.4, -0.2) is 14.5 Å². The summed E-state index contributed by atoms with van der Waals surface area (Å²) in [6.07, 6.45) is 0. The summed E-state index contributed by atoms with van der Waals surface area (Å²) in [5.41, 5.74) is 9.75. The standard InChI is InChI=1S/C42H27N3/c1-4-14-28(15-5-1)32-26-35(29-16-6-2-7-17-29)41-36(27-32)39-33-21-11-10-18-30(33)24-25-38(39)45(41)42-43-37-23-13-12-22-34(37)40(44-42)31-19-8-3-9-20-31/h1-27H. The van der Waals surface area contributed by atoms with Crippen LogP contribution >= 0.6 is 0 Å². The second-order valence-corrected chi connectivity index (χ2v) is 11.4. The molecule has 7 aromatic carbocycles. The van der Waals surface area contributed by atoms with Crippen LogP contribution in [-0.2, 0) is 0 Å². The van der Waals surface area contributed by atoms with E-state index in [4.69, 9.17) is 9.97 Å². The van der Waals surface area contributed by atoms with Crippen LogP contribution in [0, 0.1) is 0 Å². The molecule has 0 N–H and O–H groups in total. The molecular formula is C42H27N3. The Kier molecular flexibility index (Phi) is 5.82. The predicted octanol–water partition coefficient (Wildman–Crippen LogP) is 10.9. The molecular weight excluding hydrogens is 546 g/mol. The minimum absolute atomic E-state index is 0.660. The van der Waals surface area contributed by atoms with Gasteiger partial charge in [-0.1, -0.05) is 140 Å². The summed E-state index contributed by atoms with van der Waals surface area (Å²) in [4.78, 5) is 10.6. The van der Waals surface area contributed by atoms with E-state index in [0.29, 0.717) is 5.95 Å². The lowest BCUT2D eigenvalue weighted by molar-refractivity contribution is 1.01. The third-order valence-electron chi connectivity index (χ3n) is 8.78. The van der Waals surface area contributed by atoms with Crippen LogP contribution in [0.2, 0.25) is 0 Å². The van der Waals surface area contributed by atoms with Crippen molar-refractivity contribution in [3.8, 4) is 39.5 Å². The summed E-state index contributed by atoms with van der Waals surface area (Å²) >= 11 is 0. The van der Waals surface area contributed by atoms with E-state index in [-0.39, 0.29) is 0 Å². The van der Waals surface area contributed by atoms with Gasteiger partial charge in [0.05, 0.1) is 22.2 Å². The zero-order valence-electron chi connectivity index (χ0n) is 24.4. The van der Waals surface area contributed by atoms with Crippen molar-refractivity contribution < 1.29 is 0 Å². The third kappa shape index (κ3) is 4.13. The molecule has 0 unspecified atom stereocenters. The molecule has 0 aliphatic heterocycles. The van der Waals surface area contributed by atoms with Crippen LogP contribution in [0.3, 0.4) is 0 Å². The molecule has 210 valence electrons. The fourth-order valence-electron chi connectivity index (χ4n) is 6.74. The van der Waals surface area contributed by atoms with Crippen molar-refractivity contribution in [3.63, 3.8) is 0 Å². The maximum atomic E-state index is 5.36. The molecule has 0 atom stereocenters. The van der Waals surface area contributed by atoms with Crippen molar-refractivity contribution >= 4 is 43.5 Å². The lowest BCUT2D eigenvalue weighted by atomic mass is 9.94. The molecule has 0 aliphatic carbocycles. The lowest BCUT2D eigenvalue weighted by Gasteiger charge is -2.14. The van der Waals surface area contributed by atoms with Gasteiger partial charge in [0, 0.05) is 27.3 Å². The molecule has 9 aromatic rings. The summed E-state index contributed by atoms with van der Waals surface area (Å²) in [6.45, 7) is 0. The van der Waals surface area contributed by atoms with E-state index < -0.39 is 0 Å². The number of nitrogens with zero attached hydrogens (tertiary/aromatic N) is 3. The van der Waals surface area contributed by atoms with Gasteiger partial charge in [0.25, 0.3) is 0 Å². The number of hydrogen-bond donors (Lipinski definition) is 0. The van der Waals surface area contributed by atoms with E-state index >= 15 is 0 Å². The molecule has 0 saturated carbocycles. The van der Waals surface area contributed by atoms with Crippen molar-refractivity contribution in [1.82, 2.24) is 14.5 Å². The topological polar surface area (TPSA) is 30.7 Å². The average molecular weight is 574 g/mol. The molecule has 0 amide bonds. The highest BCUT2D eigenvalue weighted by Gasteiger charge is 2.22. The largest absolute Gasteiger partial charge is 0.277 e. The van der Waals surface area contributed by atoms with Gasteiger partial charge in [0.15, 0.2) is 0 Å². The van der Waals surface area contributed by atoms with Gasteiger partial charge in [0.1, 0.15) is 0 Å². The van der Waals surface area contributed by atoms with Crippen LogP contribution in [0.4, 0.5) is 0 Å². The first kappa shape index (κ1) is 25.4. The SMILES string of the molecule is c1ccc(-c2cc(-c3ccccc3)c3c(c2)c2c4ccccc4ccc2n3-c2nc(-c3ccccc3)c3ccccc3n2)cc1. The Labute approximate surface area is 260 Å². The molecule has 0 aliphatic rings. The maximum absolute atomic E-state index is 5.36. The first-order chi connectivity index (χ1) is 22.3. The van der Waals surface area contributed by atoms with Gasteiger partial charge >= 0.3 is 0 Å². The van der Waals surface area contributed by atoms with Crippen LogP contribution < -0.4 is 0 Å². The minimum Gasteiger partial charge on any atom is -0.277 e. The van der Waals surface area contributed by atoms with Gasteiger partial charge < -0.3 is 0 Å². The van der Waals surface area contributed by atoms with E-state index in [9.17, 15) is 0 Å². The number of aromatic nitrogens is 3. The van der Waals surface area contributed by atoms with Crippen molar-refractivity contribution in [2.75, 3.05) is 0 Å². The average Bonchev–Trinajstić information content (AvgIpc) is 3.47. The van der Waals surface area contributed by atoms with Gasteiger partial charge in [-0.15, -0.1) is 0 Å². The summed E-state index contributed by atoms with van der Waals surface area (Å²) in [7, 11) is 0. The fraction of sp³-hybridized carbons (Fsp3) is 0. The molecule has 2 aromatic heterocycles. The van der Waals surface area contributed by atoms with Crippen LogP contribution in [0.1, 0.15) is 0 Å². The Morgan fingerprint density at radius 1 is 0.422 bits per heavy atom. The number of fused-ring (bicyclic) bond motifs is 6. The van der Waals surface area contributed by atoms with Gasteiger partial charge in [-0.25, -0.2) is 9.97 Å². The molecule has 2 heterocycles. The second kappa shape index (κ2) is 10.3. The van der Waals surface area contributed by atoms with Gasteiger partial charge in [-0.2, -0.15) is 0 Å². The molecule has 3 heteroatoms. The minimum atomic E-state index is 0.660. The van der Waals surface area contributed by atoms with E-state index in [0.717, 1.165) is 44.3 Å². The van der Waals surface area contributed by atoms with E-state index in [1.807, 2.05) is 6.07 Å². The number of rotatable bonds is 4. The molecule has 0 spiro atoms. The van der Waals surface area contributed by atoms with E-state index in [1.54, 1.807) is 0 Å². The van der Waals surface area contributed by atoms with Gasteiger partial charge in [0.2, 0.25) is 5.95 Å². The van der Waals surface area contributed by atoms with Crippen molar-refractivity contribution in [3.05, 3.63) is 164 Å². The first-order valence-electron chi connectivity index (χ1n) is 15.3. The van der Waals surface area contributed by atoms with E-state index in [1.165, 1.54) is 32.7 Å². The lowest BCUT2D eigenvalue weighted by Crippen LogP contribution is -2.04. The predicted molar refractivity (Wildman–Crippen MR) is 188 cm³/mol. The summed E-state index contributed by atoms with van der Waals surface area (Å²) in [6, 6.07) is 57.8. The molecule has 0 saturated heterocycles. The molecule has 0 radical (unpaired) electrons. The Balaban J connectivity index is 1.49. The highest BCUT2D eigenvalue weighted by molar-refractivity contribution is 6.24. The monoisotopic (exact) mass is 573 g/mol. The highest BCUT2D eigenvalue weighted by Crippen LogP contribution is 2.43. The number of benzene rings is 7.